The van der Waals surface area contributed by atoms with Crippen LogP contribution in [0.2, 0.25) is 0 Å². The lowest BCUT2D eigenvalue weighted by Gasteiger charge is -2.15. The van der Waals surface area contributed by atoms with Gasteiger partial charge in [0, 0.05) is 24.3 Å². The van der Waals surface area contributed by atoms with Crippen LogP contribution in [0.25, 0.3) is 11.0 Å². The largest absolute Gasteiger partial charge is 0.395 e. The van der Waals surface area contributed by atoms with Crippen LogP contribution in [0.15, 0.2) is 12.5 Å². The Balaban J connectivity index is 2.03. The van der Waals surface area contributed by atoms with Gasteiger partial charge in [-0.15, -0.1) is 0 Å². The molecule has 5 N–H and O–H groups in total. The number of nitrogens with two attached hydrogens (primary N) is 1. The molecule has 1 atom stereocenters. The molecule has 0 aliphatic carbocycles. The molecule has 0 saturated heterocycles. The molecule has 7 heteroatoms. The average Bonchev–Trinajstić information content (AvgIpc) is 2.84. The lowest BCUT2D eigenvalue weighted by molar-refractivity contribution is 0.239. The number of hydrogen-bond donors (Lipinski definition) is 4. The lowest BCUT2D eigenvalue weighted by atomic mass is 10.2. The normalized spacial score (nSPS) is 12.9. The zero-order chi connectivity index (χ0) is 13.7. The number of anilines is 1. The Morgan fingerprint density at radius 3 is 3.11 bits per heavy atom. The number of rotatable bonds is 7. The Bertz CT molecular complexity index is 530. The summed E-state index contributed by atoms with van der Waals surface area (Å²) in [5.74, 6) is 1.48. The molecule has 2 aromatic rings. The average molecular weight is 281 g/mol. The minimum absolute atomic E-state index is 0.108. The Morgan fingerprint density at radius 2 is 2.37 bits per heavy atom. The molecule has 0 radical (unpaired) electrons. The summed E-state index contributed by atoms with van der Waals surface area (Å²) >= 11 is 1.78. The van der Waals surface area contributed by atoms with E-state index in [0.29, 0.717) is 12.4 Å². The summed E-state index contributed by atoms with van der Waals surface area (Å²) in [4.78, 5) is 11.3. The lowest BCUT2D eigenvalue weighted by Crippen LogP contribution is -2.32. The van der Waals surface area contributed by atoms with Crippen molar-refractivity contribution in [3.63, 3.8) is 0 Å². The van der Waals surface area contributed by atoms with Gasteiger partial charge >= 0.3 is 0 Å². The summed E-state index contributed by atoms with van der Waals surface area (Å²) in [7, 11) is 0. The number of aromatic nitrogens is 3. The van der Waals surface area contributed by atoms with Gasteiger partial charge in [-0.25, -0.2) is 9.97 Å². The zero-order valence-corrected chi connectivity index (χ0v) is 11.7. The second-order valence-corrected chi connectivity index (χ2v) is 5.32. The second kappa shape index (κ2) is 6.74. The Hall–Kier alpha value is -1.31. The van der Waals surface area contributed by atoms with Crippen molar-refractivity contribution in [2.45, 2.75) is 19.0 Å². The van der Waals surface area contributed by atoms with Gasteiger partial charge in [-0.1, -0.05) is 0 Å². The number of nitrogen functional groups attached to an aromatic ring is 1. The molecule has 0 spiro atoms. The van der Waals surface area contributed by atoms with Gasteiger partial charge in [0.2, 0.25) is 0 Å². The van der Waals surface area contributed by atoms with Gasteiger partial charge in [-0.05, 0) is 18.4 Å². The van der Waals surface area contributed by atoms with E-state index < -0.39 is 0 Å². The molecule has 0 amide bonds. The van der Waals surface area contributed by atoms with Crippen molar-refractivity contribution < 1.29 is 5.11 Å². The third-order valence-electron chi connectivity index (χ3n) is 3.04. The fourth-order valence-electron chi connectivity index (χ4n) is 1.92. The van der Waals surface area contributed by atoms with E-state index in [1.165, 1.54) is 6.33 Å². The van der Waals surface area contributed by atoms with E-state index >= 15 is 0 Å². The van der Waals surface area contributed by atoms with Crippen molar-refractivity contribution in [1.82, 2.24) is 20.3 Å². The van der Waals surface area contributed by atoms with Gasteiger partial charge in [-0.2, -0.15) is 11.8 Å². The van der Waals surface area contributed by atoms with Crippen LogP contribution < -0.4 is 11.1 Å². The summed E-state index contributed by atoms with van der Waals surface area (Å²) in [6, 6.07) is 0.108. The topological polar surface area (TPSA) is 99.8 Å². The van der Waals surface area contributed by atoms with Crippen LogP contribution in [-0.2, 0) is 6.54 Å². The number of fused-ring (bicyclic) bond motifs is 1. The summed E-state index contributed by atoms with van der Waals surface area (Å²) in [5, 5.41) is 12.6. The van der Waals surface area contributed by atoms with Crippen molar-refractivity contribution >= 4 is 28.6 Å². The van der Waals surface area contributed by atoms with Crippen molar-refractivity contribution in [2.75, 3.05) is 24.3 Å². The van der Waals surface area contributed by atoms with Gasteiger partial charge < -0.3 is 21.1 Å². The van der Waals surface area contributed by atoms with Crippen molar-refractivity contribution in [3.8, 4) is 0 Å². The van der Waals surface area contributed by atoms with E-state index in [1.54, 1.807) is 11.8 Å². The third kappa shape index (κ3) is 3.37. The SMILES string of the molecule is CSCC[C@@H](CO)NCc1c[nH]c2c(N)ncnc12. The van der Waals surface area contributed by atoms with E-state index in [2.05, 4.69) is 26.5 Å². The highest BCUT2D eigenvalue weighted by Gasteiger charge is 2.11. The summed E-state index contributed by atoms with van der Waals surface area (Å²) in [6.07, 6.45) is 6.35. The smallest absolute Gasteiger partial charge is 0.151 e. The number of aliphatic hydroxyl groups excluding tert-OH is 1. The standard InChI is InChI=1S/C12H19N5OS/c1-19-3-2-9(6-18)14-4-8-5-15-11-10(8)16-7-17-12(11)13/h5,7,9,14-15,18H,2-4,6H2,1H3,(H2,13,16,17)/t9-/m0/s1. The first kappa shape index (κ1) is 14.1. The number of thioether (sulfide) groups is 1. The van der Waals surface area contributed by atoms with Gasteiger partial charge in [0.15, 0.2) is 5.82 Å². The minimum atomic E-state index is 0.108. The van der Waals surface area contributed by atoms with Gasteiger partial charge in [0.1, 0.15) is 11.8 Å². The molecule has 0 bridgehead atoms. The van der Waals surface area contributed by atoms with Crippen LogP contribution in [0.4, 0.5) is 5.82 Å². The predicted octanol–water partition coefficient (Wildman–Crippen LogP) is 0.744. The molecule has 0 aromatic carbocycles. The Labute approximate surface area is 116 Å². The molecule has 6 nitrogen and oxygen atoms in total. The molecular weight excluding hydrogens is 262 g/mol. The summed E-state index contributed by atoms with van der Waals surface area (Å²) in [5.41, 5.74) is 8.41. The third-order valence-corrected chi connectivity index (χ3v) is 3.69. The van der Waals surface area contributed by atoms with Crippen molar-refractivity contribution in [2.24, 2.45) is 0 Å². The molecule has 0 aliphatic heterocycles. The highest BCUT2D eigenvalue weighted by Crippen LogP contribution is 2.18. The number of nitrogens with one attached hydrogen (secondary N) is 2. The number of aromatic amines is 1. The first-order valence-electron chi connectivity index (χ1n) is 6.16. The fraction of sp³-hybridized carbons (Fsp3) is 0.500. The maximum atomic E-state index is 9.31. The van der Waals surface area contributed by atoms with Crippen LogP contribution in [0, 0.1) is 0 Å². The molecule has 2 heterocycles. The van der Waals surface area contributed by atoms with E-state index in [0.717, 1.165) is 28.8 Å². The minimum Gasteiger partial charge on any atom is -0.395 e. The molecule has 0 fully saturated rings. The number of H-pyrrole nitrogens is 1. The predicted molar refractivity (Wildman–Crippen MR) is 79.0 cm³/mol. The van der Waals surface area contributed by atoms with E-state index in [9.17, 15) is 5.11 Å². The molecule has 2 rings (SSSR count). The van der Waals surface area contributed by atoms with Crippen LogP contribution in [-0.4, -0.2) is 44.7 Å². The summed E-state index contributed by atoms with van der Waals surface area (Å²) in [6.45, 7) is 0.788. The fourth-order valence-corrected chi connectivity index (χ4v) is 2.44. The molecule has 0 unspecified atom stereocenters. The molecular formula is C12H19N5OS. The highest BCUT2D eigenvalue weighted by molar-refractivity contribution is 7.98. The quantitative estimate of drug-likeness (QED) is 0.597. The second-order valence-electron chi connectivity index (χ2n) is 4.34. The first-order chi connectivity index (χ1) is 9.26. The Kier molecular flexibility index (Phi) is 5.00. The van der Waals surface area contributed by atoms with Gasteiger partial charge in [-0.3, -0.25) is 0 Å². The molecule has 2 aromatic heterocycles. The number of aliphatic hydroxyl groups is 1. The van der Waals surface area contributed by atoms with E-state index in [-0.39, 0.29) is 12.6 Å². The molecule has 0 aliphatic rings. The van der Waals surface area contributed by atoms with Crippen molar-refractivity contribution in [3.05, 3.63) is 18.1 Å². The maximum absolute atomic E-state index is 9.31. The van der Waals surface area contributed by atoms with E-state index in [1.807, 2.05) is 6.20 Å². The zero-order valence-electron chi connectivity index (χ0n) is 10.9. The summed E-state index contributed by atoms with van der Waals surface area (Å²) < 4.78 is 0. The van der Waals surface area contributed by atoms with E-state index in [4.69, 9.17) is 5.73 Å². The van der Waals surface area contributed by atoms with Gasteiger partial charge in [0.05, 0.1) is 12.1 Å². The van der Waals surface area contributed by atoms with Crippen LogP contribution in [0.5, 0.6) is 0 Å². The van der Waals surface area contributed by atoms with Crippen molar-refractivity contribution in [1.29, 1.82) is 0 Å². The molecule has 19 heavy (non-hydrogen) atoms. The first-order valence-corrected chi connectivity index (χ1v) is 7.55. The monoisotopic (exact) mass is 281 g/mol. The van der Waals surface area contributed by atoms with Gasteiger partial charge in [0.25, 0.3) is 0 Å². The number of hydrogen-bond acceptors (Lipinski definition) is 6. The molecule has 0 saturated carbocycles. The molecule has 104 valence electrons. The number of nitrogens with zero attached hydrogens (tertiary/aromatic N) is 2. The maximum Gasteiger partial charge on any atom is 0.151 e. The van der Waals surface area contributed by atoms with Crippen LogP contribution >= 0.6 is 11.8 Å². The highest BCUT2D eigenvalue weighted by atomic mass is 32.2. The Morgan fingerprint density at radius 1 is 1.53 bits per heavy atom. The van der Waals surface area contributed by atoms with Crippen LogP contribution in [0.3, 0.4) is 0 Å². The van der Waals surface area contributed by atoms with Crippen LogP contribution in [0.1, 0.15) is 12.0 Å².